The molecule has 1 aromatic heterocycles. The quantitative estimate of drug-likeness (QED) is 0.812. The number of aryl methyl sites for hydroxylation is 1. The summed E-state index contributed by atoms with van der Waals surface area (Å²) in [6, 6.07) is 11.7. The predicted octanol–water partition coefficient (Wildman–Crippen LogP) is 3.08. The number of rotatable bonds is 2. The number of H-pyrrole nitrogens is 1. The van der Waals surface area contributed by atoms with E-state index >= 15 is 0 Å². The second kappa shape index (κ2) is 5.13. The van der Waals surface area contributed by atoms with Gasteiger partial charge >= 0.3 is 0 Å². The van der Waals surface area contributed by atoms with Crippen LogP contribution in [0.1, 0.15) is 16.8 Å². The predicted molar refractivity (Wildman–Crippen MR) is 72.4 cm³/mol. The zero-order valence-electron chi connectivity index (χ0n) is 9.90. The Labute approximate surface area is 110 Å². The third-order valence-corrected chi connectivity index (χ3v) is 3.27. The van der Waals surface area contributed by atoms with Crippen molar-refractivity contribution in [3.63, 3.8) is 0 Å². The lowest BCUT2D eigenvalue weighted by atomic mass is 10.0. The molecule has 2 rings (SSSR count). The lowest BCUT2D eigenvalue weighted by Gasteiger charge is -2.11. The highest BCUT2D eigenvalue weighted by molar-refractivity contribution is 7.71. The number of nitriles is 1. The van der Waals surface area contributed by atoms with E-state index in [9.17, 15) is 5.11 Å². The van der Waals surface area contributed by atoms with Crippen LogP contribution in [0.25, 0.3) is 11.3 Å². The molecule has 0 atom stereocenters. The first-order valence-corrected chi connectivity index (χ1v) is 5.92. The summed E-state index contributed by atoms with van der Waals surface area (Å²) in [5.74, 6) is 0. The summed E-state index contributed by atoms with van der Waals surface area (Å²) in [6.07, 6.45) is 0. The molecule has 1 heterocycles. The molecular weight excluding hydrogens is 244 g/mol. The number of nitrogens with zero attached hydrogens (tertiary/aromatic N) is 1. The van der Waals surface area contributed by atoms with Crippen LogP contribution in [-0.2, 0) is 6.61 Å². The monoisotopic (exact) mass is 256 g/mol. The summed E-state index contributed by atoms with van der Waals surface area (Å²) in [6.45, 7) is 1.62. The van der Waals surface area contributed by atoms with Crippen molar-refractivity contribution in [2.24, 2.45) is 0 Å². The van der Waals surface area contributed by atoms with Gasteiger partial charge in [0.2, 0.25) is 0 Å². The number of aromatic amines is 1. The van der Waals surface area contributed by atoms with Crippen LogP contribution < -0.4 is 0 Å². The molecule has 4 heteroatoms. The third-order valence-electron chi connectivity index (χ3n) is 2.82. The van der Waals surface area contributed by atoms with Crippen LogP contribution >= 0.6 is 12.2 Å². The molecule has 3 nitrogen and oxygen atoms in total. The van der Waals surface area contributed by atoms with Crippen LogP contribution in [0.2, 0.25) is 0 Å². The average molecular weight is 256 g/mol. The Morgan fingerprint density at radius 2 is 2.00 bits per heavy atom. The van der Waals surface area contributed by atoms with E-state index in [1.54, 1.807) is 0 Å². The van der Waals surface area contributed by atoms with Crippen LogP contribution in [0.5, 0.6) is 0 Å². The molecule has 90 valence electrons. The highest BCUT2D eigenvalue weighted by atomic mass is 32.1. The van der Waals surface area contributed by atoms with Crippen LogP contribution in [0, 0.1) is 22.8 Å². The molecule has 0 aliphatic carbocycles. The highest BCUT2D eigenvalue weighted by Gasteiger charge is 2.12. The van der Waals surface area contributed by atoms with Crippen molar-refractivity contribution < 1.29 is 5.11 Å². The molecule has 0 radical (unpaired) electrons. The van der Waals surface area contributed by atoms with E-state index in [0.29, 0.717) is 15.6 Å². The fraction of sp³-hybridized carbons (Fsp3) is 0.143. The Bertz CT molecular complexity index is 669. The van der Waals surface area contributed by atoms with E-state index in [2.05, 4.69) is 11.1 Å². The Balaban J connectivity index is 2.78. The average Bonchev–Trinajstić information content (AvgIpc) is 2.39. The van der Waals surface area contributed by atoms with Crippen molar-refractivity contribution >= 4 is 12.2 Å². The maximum Gasteiger partial charge on any atom is 0.102 e. The van der Waals surface area contributed by atoms with E-state index in [0.717, 1.165) is 17.0 Å². The maximum atomic E-state index is 9.48. The minimum absolute atomic E-state index is 0.186. The van der Waals surface area contributed by atoms with E-state index in [1.807, 2.05) is 37.3 Å². The largest absolute Gasteiger partial charge is 0.392 e. The molecule has 0 bridgehead atoms. The Kier molecular flexibility index (Phi) is 3.56. The first-order valence-electron chi connectivity index (χ1n) is 5.51. The van der Waals surface area contributed by atoms with E-state index in [1.165, 1.54) is 0 Å². The van der Waals surface area contributed by atoms with Crippen molar-refractivity contribution in [3.05, 3.63) is 51.7 Å². The van der Waals surface area contributed by atoms with Gasteiger partial charge in [0.25, 0.3) is 0 Å². The van der Waals surface area contributed by atoms with Gasteiger partial charge in [0, 0.05) is 11.3 Å². The number of aliphatic hydroxyl groups is 1. The van der Waals surface area contributed by atoms with E-state index in [-0.39, 0.29) is 6.61 Å². The number of hydrogen-bond donors (Lipinski definition) is 2. The second-order valence-electron chi connectivity index (χ2n) is 3.94. The molecule has 18 heavy (non-hydrogen) atoms. The first-order chi connectivity index (χ1) is 8.69. The number of benzene rings is 1. The summed E-state index contributed by atoms with van der Waals surface area (Å²) < 4.78 is 0.426. The van der Waals surface area contributed by atoms with Gasteiger partial charge in [-0.15, -0.1) is 0 Å². The first kappa shape index (κ1) is 12.5. The summed E-state index contributed by atoms with van der Waals surface area (Å²) in [7, 11) is 0. The number of aliphatic hydroxyl groups excluding tert-OH is 1. The fourth-order valence-corrected chi connectivity index (χ4v) is 2.26. The maximum absolute atomic E-state index is 9.48. The molecule has 0 saturated heterocycles. The minimum Gasteiger partial charge on any atom is -0.392 e. The molecule has 2 aromatic rings. The van der Waals surface area contributed by atoms with Crippen LogP contribution in [-0.4, -0.2) is 10.1 Å². The van der Waals surface area contributed by atoms with Gasteiger partial charge in [-0.1, -0.05) is 42.5 Å². The lowest BCUT2D eigenvalue weighted by molar-refractivity contribution is 0.281. The van der Waals surface area contributed by atoms with Gasteiger partial charge in [-0.25, -0.2) is 0 Å². The molecule has 2 N–H and O–H groups in total. The van der Waals surface area contributed by atoms with Crippen molar-refractivity contribution in [2.75, 3.05) is 0 Å². The molecular formula is C14H12N2OS. The molecule has 0 amide bonds. The highest BCUT2D eigenvalue weighted by Crippen LogP contribution is 2.25. The molecule has 1 aromatic carbocycles. The van der Waals surface area contributed by atoms with Gasteiger partial charge in [0.15, 0.2) is 0 Å². The van der Waals surface area contributed by atoms with Gasteiger partial charge in [0.05, 0.1) is 22.4 Å². The zero-order valence-corrected chi connectivity index (χ0v) is 10.7. The summed E-state index contributed by atoms with van der Waals surface area (Å²) >= 11 is 5.26. The normalized spacial score (nSPS) is 10.1. The molecule has 0 saturated carbocycles. The Hall–Kier alpha value is -1.96. The van der Waals surface area contributed by atoms with Gasteiger partial charge < -0.3 is 10.1 Å². The zero-order chi connectivity index (χ0) is 13.1. The second-order valence-corrected chi connectivity index (χ2v) is 4.35. The fourth-order valence-electron chi connectivity index (χ4n) is 1.90. The molecule has 0 spiro atoms. The van der Waals surface area contributed by atoms with Gasteiger partial charge in [-0.05, 0) is 12.5 Å². The molecule has 0 aliphatic rings. The van der Waals surface area contributed by atoms with E-state index in [4.69, 9.17) is 17.5 Å². The van der Waals surface area contributed by atoms with Crippen molar-refractivity contribution in [2.45, 2.75) is 13.5 Å². The van der Waals surface area contributed by atoms with E-state index < -0.39 is 0 Å². The summed E-state index contributed by atoms with van der Waals surface area (Å²) in [5, 5.41) is 18.5. The van der Waals surface area contributed by atoms with Crippen molar-refractivity contribution in [1.29, 1.82) is 5.26 Å². The number of hydrogen-bond acceptors (Lipinski definition) is 3. The summed E-state index contributed by atoms with van der Waals surface area (Å²) in [5.41, 5.74) is 3.46. The molecule has 0 aliphatic heterocycles. The van der Waals surface area contributed by atoms with Crippen molar-refractivity contribution in [3.8, 4) is 17.3 Å². The van der Waals surface area contributed by atoms with Gasteiger partial charge in [0.1, 0.15) is 6.07 Å². The molecule has 0 unspecified atom stereocenters. The van der Waals surface area contributed by atoms with Crippen LogP contribution in [0.4, 0.5) is 0 Å². The number of nitrogens with one attached hydrogen (secondary N) is 1. The standard InChI is InChI=1S/C14H12N2OS/c1-9-11(7-15)14(18)12(8-17)13(16-9)10-5-3-2-4-6-10/h2-6,17H,8H2,1H3,(H,16,18). The van der Waals surface area contributed by atoms with Gasteiger partial charge in [-0.2, -0.15) is 5.26 Å². The van der Waals surface area contributed by atoms with Gasteiger partial charge in [-0.3, -0.25) is 0 Å². The lowest BCUT2D eigenvalue weighted by Crippen LogP contribution is -2.00. The smallest absolute Gasteiger partial charge is 0.102 e. The topological polar surface area (TPSA) is 59.8 Å². The number of aromatic nitrogens is 1. The SMILES string of the molecule is Cc1[nH]c(-c2ccccc2)c(CO)c(=S)c1C#N. The molecule has 0 fully saturated rings. The van der Waals surface area contributed by atoms with Crippen molar-refractivity contribution in [1.82, 2.24) is 4.98 Å². The minimum atomic E-state index is -0.186. The third kappa shape index (κ3) is 2.06. The number of pyridine rings is 1. The Morgan fingerprint density at radius 3 is 2.56 bits per heavy atom. The summed E-state index contributed by atoms with van der Waals surface area (Å²) in [4.78, 5) is 3.15. The van der Waals surface area contributed by atoms with Crippen LogP contribution in [0.15, 0.2) is 30.3 Å². The van der Waals surface area contributed by atoms with Crippen LogP contribution in [0.3, 0.4) is 0 Å². The Morgan fingerprint density at radius 1 is 1.33 bits per heavy atom.